The van der Waals surface area contributed by atoms with Crippen molar-refractivity contribution in [3.05, 3.63) is 53.2 Å². The van der Waals surface area contributed by atoms with Crippen molar-refractivity contribution in [3.8, 4) is 16.5 Å². The molecule has 0 aliphatic rings. The van der Waals surface area contributed by atoms with Crippen molar-refractivity contribution in [2.45, 2.75) is 30.7 Å². The second-order valence-electron chi connectivity index (χ2n) is 5.90. The van der Waals surface area contributed by atoms with Crippen LogP contribution in [0.25, 0.3) is 16.5 Å². The van der Waals surface area contributed by atoms with Gasteiger partial charge in [-0.2, -0.15) is 9.67 Å². The average molecular weight is 384 g/mol. The minimum absolute atomic E-state index is 0.488. The summed E-state index contributed by atoms with van der Waals surface area (Å²) in [6.45, 7) is 4.34. The fraction of sp³-hybridized carbons (Fsp3) is 0.235. The van der Waals surface area contributed by atoms with Crippen molar-refractivity contribution in [3.63, 3.8) is 0 Å². The molecule has 0 atom stereocenters. The summed E-state index contributed by atoms with van der Waals surface area (Å²) in [6.07, 6.45) is 0. The van der Waals surface area contributed by atoms with Gasteiger partial charge in [0.1, 0.15) is 0 Å². The molecule has 0 unspecified atom stereocenters. The van der Waals surface area contributed by atoms with Crippen LogP contribution in [0.3, 0.4) is 0 Å². The van der Waals surface area contributed by atoms with E-state index in [0.29, 0.717) is 28.5 Å². The van der Waals surface area contributed by atoms with Gasteiger partial charge in [0.2, 0.25) is 5.16 Å². The lowest BCUT2D eigenvalue weighted by atomic mass is 10.0. The van der Waals surface area contributed by atoms with Gasteiger partial charge in [-0.15, -0.1) is 16.4 Å². The third-order valence-electron chi connectivity index (χ3n) is 3.78. The smallest absolute Gasteiger partial charge is 0.268 e. The normalized spacial score (nSPS) is 11.3. The summed E-state index contributed by atoms with van der Waals surface area (Å²) in [6, 6.07) is 12.2. The number of nitrogens with zero attached hydrogens (tertiary/aromatic N) is 6. The summed E-state index contributed by atoms with van der Waals surface area (Å²) in [5, 5.41) is 18.7. The van der Waals surface area contributed by atoms with Crippen molar-refractivity contribution in [2.24, 2.45) is 0 Å². The lowest BCUT2D eigenvalue weighted by Gasteiger charge is -2.07. The molecule has 0 fully saturated rings. The zero-order valence-electron chi connectivity index (χ0n) is 14.2. The maximum absolute atomic E-state index is 5.31. The number of hydrogen-bond acceptors (Lipinski definition) is 8. The first kappa shape index (κ1) is 16.9. The average Bonchev–Trinajstić information content (AvgIpc) is 3.40. The molecule has 4 rings (SSSR count). The van der Waals surface area contributed by atoms with Gasteiger partial charge in [0.25, 0.3) is 5.89 Å². The molecular weight excluding hydrogens is 368 g/mol. The number of rotatable bonds is 6. The summed E-state index contributed by atoms with van der Waals surface area (Å²) in [5.74, 6) is 2.17. The van der Waals surface area contributed by atoms with E-state index in [0.717, 1.165) is 10.6 Å². The van der Waals surface area contributed by atoms with E-state index in [1.54, 1.807) is 16.0 Å². The van der Waals surface area contributed by atoms with E-state index in [1.165, 1.54) is 17.3 Å². The predicted molar refractivity (Wildman–Crippen MR) is 100 cm³/mol. The molecule has 0 aliphatic heterocycles. The molecule has 26 heavy (non-hydrogen) atoms. The van der Waals surface area contributed by atoms with Crippen molar-refractivity contribution in [2.75, 3.05) is 0 Å². The first-order valence-corrected chi connectivity index (χ1v) is 9.95. The largest absolute Gasteiger partial charge is 0.333 e. The summed E-state index contributed by atoms with van der Waals surface area (Å²) in [4.78, 5) is 5.38. The van der Waals surface area contributed by atoms with Gasteiger partial charge in [0.15, 0.2) is 5.82 Å². The first-order valence-electron chi connectivity index (χ1n) is 8.08. The fourth-order valence-electron chi connectivity index (χ4n) is 2.37. The molecule has 3 heterocycles. The highest BCUT2D eigenvalue weighted by Crippen LogP contribution is 2.26. The van der Waals surface area contributed by atoms with Crippen LogP contribution >= 0.6 is 23.1 Å². The molecule has 0 saturated carbocycles. The molecule has 7 nitrogen and oxygen atoms in total. The summed E-state index contributed by atoms with van der Waals surface area (Å²) < 4.78 is 7.02. The Morgan fingerprint density at radius 1 is 1.19 bits per heavy atom. The van der Waals surface area contributed by atoms with Gasteiger partial charge in [-0.05, 0) is 45.5 Å². The monoisotopic (exact) mass is 384 g/mol. The quantitative estimate of drug-likeness (QED) is 0.461. The molecule has 4 aromatic rings. The third kappa shape index (κ3) is 3.54. The topological polar surface area (TPSA) is 82.5 Å². The van der Waals surface area contributed by atoms with Gasteiger partial charge in [0.05, 0.1) is 16.3 Å². The van der Waals surface area contributed by atoms with Crippen LogP contribution in [0.15, 0.2) is 51.5 Å². The van der Waals surface area contributed by atoms with E-state index in [2.05, 4.69) is 51.6 Å². The van der Waals surface area contributed by atoms with Crippen molar-refractivity contribution < 1.29 is 4.52 Å². The molecule has 0 amide bonds. The van der Waals surface area contributed by atoms with Crippen LogP contribution in [0.2, 0.25) is 0 Å². The van der Waals surface area contributed by atoms with Gasteiger partial charge in [-0.3, -0.25) is 0 Å². The highest BCUT2D eigenvalue weighted by Gasteiger charge is 2.14. The highest BCUT2D eigenvalue weighted by molar-refractivity contribution is 7.98. The van der Waals surface area contributed by atoms with E-state index >= 15 is 0 Å². The molecule has 0 N–H and O–H groups in total. The van der Waals surface area contributed by atoms with E-state index in [1.807, 2.05) is 29.6 Å². The summed E-state index contributed by atoms with van der Waals surface area (Å²) in [5.41, 5.74) is 2.21. The highest BCUT2D eigenvalue weighted by atomic mass is 32.2. The molecule has 3 aromatic heterocycles. The standard InChI is InChI=1S/C17H16N6OS2/c1-11(2)12-5-7-13(8-6-12)23-17(19-21-22-23)26-10-15-18-16(24-20-15)14-4-3-9-25-14/h3-9,11H,10H2,1-2H3. The maximum Gasteiger partial charge on any atom is 0.268 e. The van der Waals surface area contributed by atoms with Gasteiger partial charge in [-0.1, -0.05) is 49.0 Å². The van der Waals surface area contributed by atoms with Crippen LogP contribution in [0.4, 0.5) is 0 Å². The minimum atomic E-state index is 0.488. The molecule has 0 saturated heterocycles. The lowest BCUT2D eigenvalue weighted by Crippen LogP contribution is -2.00. The molecule has 0 radical (unpaired) electrons. The maximum atomic E-state index is 5.31. The Morgan fingerprint density at radius 2 is 2.04 bits per heavy atom. The Hall–Kier alpha value is -2.52. The van der Waals surface area contributed by atoms with E-state index in [-0.39, 0.29) is 0 Å². The van der Waals surface area contributed by atoms with E-state index in [4.69, 9.17) is 4.52 Å². The van der Waals surface area contributed by atoms with Crippen LogP contribution < -0.4 is 0 Å². The molecular formula is C17H16N6OS2. The van der Waals surface area contributed by atoms with Gasteiger partial charge in [-0.25, -0.2) is 0 Å². The van der Waals surface area contributed by atoms with Crippen LogP contribution in [-0.2, 0) is 5.75 Å². The lowest BCUT2D eigenvalue weighted by molar-refractivity contribution is 0.426. The molecule has 1 aromatic carbocycles. The first-order chi connectivity index (χ1) is 12.7. The predicted octanol–water partition coefficient (Wildman–Crippen LogP) is 4.19. The number of thioether (sulfide) groups is 1. The second kappa shape index (κ2) is 7.38. The van der Waals surface area contributed by atoms with Gasteiger partial charge in [0, 0.05) is 0 Å². The Balaban J connectivity index is 1.47. The Labute approximate surface area is 158 Å². The zero-order chi connectivity index (χ0) is 17.9. The molecule has 0 bridgehead atoms. The molecule has 0 spiro atoms. The number of benzene rings is 1. The van der Waals surface area contributed by atoms with E-state index < -0.39 is 0 Å². The van der Waals surface area contributed by atoms with Crippen LogP contribution in [0.5, 0.6) is 0 Å². The number of aromatic nitrogens is 6. The van der Waals surface area contributed by atoms with Crippen molar-refractivity contribution in [1.29, 1.82) is 0 Å². The summed E-state index contributed by atoms with van der Waals surface area (Å²) in [7, 11) is 0. The van der Waals surface area contributed by atoms with Gasteiger partial charge >= 0.3 is 0 Å². The Bertz CT molecular complexity index is 975. The van der Waals surface area contributed by atoms with Crippen LogP contribution in [0, 0.1) is 0 Å². The van der Waals surface area contributed by atoms with Crippen LogP contribution in [0.1, 0.15) is 31.2 Å². The van der Waals surface area contributed by atoms with Crippen molar-refractivity contribution >= 4 is 23.1 Å². The van der Waals surface area contributed by atoms with E-state index in [9.17, 15) is 0 Å². The zero-order valence-corrected chi connectivity index (χ0v) is 15.9. The minimum Gasteiger partial charge on any atom is -0.333 e. The van der Waals surface area contributed by atoms with Crippen molar-refractivity contribution in [1.82, 2.24) is 30.3 Å². The SMILES string of the molecule is CC(C)c1ccc(-n2nnnc2SCc2noc(-c3cccs3)n2)cc1. The fourth-order valence-corrected chi connectivity index (χ4v) is 3.75. The Morgan fingerprint density at radius 3 is 2.77 bits per heavy atom. The Kier molecular flexibility index (Phi) is 4.81. The van der Waals surface area contributed by atoms with Gasteiger partial charge < -0.3 is 4.52 Å². The molecule has 9 heteroatoms. The van der Waals surface area contributed by atoms with Crippen LogP contribution in [-0.4, -0.2) is 30.3 Å². The second-order valence-corrected chi connectivity index (χ2v) is 7.79. The molecule has 132 valence electrons. The number of hydrogen-bond donors (Lipinski definition) is 0. The summed E-state index contributed by atoms with van der Waals surface area (Å²) >= 11 is 3.04. The number of thiophene rings is 1. The number of tetrazole rings is 1. The molecule has 0 aliphatic carbocycles. The third-order valence-corrected chi connectivity index (χ3v) is 5.55.